The fraction of sp³-hybridized carbons (Fsp3) is 0.100. The quantitative estimate of drug-likeness (QED) is 0.824. The standard InChI is InChI=1S/C20H18N2OS/c1-2-15-11-13-17(14-12-15)21-20-22-19(23)18(24-20)10-6-9-16-7-4-3-5-8-16/h3-14H,2H2,1H3,(H,21,22,23). The number of carbonyl (C=O) groups excluding carboxylic acids is 1. The van der Waals surface area contributed by atoms with Gasteiger partial charge in [-0.1, -0.05) is 61.5 Å². The van der Waals surface area contributed by atoms with E-state index in [1.54, 1.807) is 0 Å². The van der Waals surface area contributed by atoms with Crippen molar-refractivity contribution in [2.75, 3.05) is 0 Å². The summed E-state index contributed by atoms with van der Waals surface area (Å²) in [5.41, 5.74) is 3.22. The smallest absolute Gasteiger partial charge is 0.264 e. The van der Waals surface area contributed by atoms with Gasteiger partial charge in [-0.25, -0.2) is 4.99 Å². The number of amides is 1. The lowest BCUT2D eigenvalue weighted by molar-refractivity contribution is -0.115. The second kappa shape index (κ2) is 7.79. The number of thioether (sulfide) groups is 1. The van der Waals surface area contributed by atoms with Gasteiger partial charge >= 0.3 is 0 Å². The Hall–Kier alpha value is -2.59. The Morgan fingerprint density at radius 2 is 1.83 bits per heavy atom. The SMILES string of the molecule is CCc1ccc(N=C2NC(=O)C(=CC=Cc3ccccc3)S2)cc1. The Bertz CT molecular complexity index is 805. The van der Waals surface area contributed by atoms with Gasteiger partial charge in [0.1, 0.15) is 0 Å². The number of rotatable bonds is 4. The van der Waals surface area contributed by atoms with Crippen molar-refractivity contribution in [1.82, 2.24) is 5.32 Å². The molecule has 1 fully saturated rings. The Balaban J connectivity index is 1.69. The lowest BCUT2D eigenvalue weighted by Crippen LogP contribution is -2.19. The van der Waals surface area contributed by atoms with E-state index >= 15 is 0 Å². The van der Waals surface area contributed by atoms with Crippen LogP contribution in [-0.4, -0.2) is 11.1 Å². The summed E-state index contributed by atoms with van der Waals surface area (Å²) in [4.78, 5) is 17.1. The fourth-order valence-corrected chi connectivity index (χ4v) is 3.02. The maximum Gasteiger partial charge on any atom is 0.264 e. The van der Waals surface area contributed by atoms with Crippen molar-refractivity contribution in [3.05, 3.63) is 82.8 Å². The predicted molar refractivity (Wildman–Crippen MR) is 102 cm³/mol. The van der Waals surface area contributed by atoms with Gasteiger partial charge in [0.25, 0.3) is 5.91 Å². The van der Waals surface area contributed by atoms with Crippen LogP contribution in [0.1, 0.15) is 18.1 Å². The van der Waals surface area contributed by atoms with E-state index in [9.17, 15) is 4.79 Å². The van der Waals surface area contributed by atoms with Crippen molar-refractivity contribution >= 4 is 34.6 Å². The fourth-order valence-electron chi connectivity index (χ4n) is 2.23. The van der Waals surface area contributed by atoms with E-state index in [0.717, 1.165) is 17.7 Å². The third-order valence-electron chi connectivity index (χ3n) is 3.56. The van der Waals surface area contributed by atoms with Crippen LogP contribution in [0.4, 0.5) is 5.69 Å². The number of aliphatic imine (C=N–C) groups is 1. The van der Waals surface area contributed by atoms with Gasteiger partial charge in [0, 0.05) is 0 Å². The van der Waals surface area contributed by atoms with Gasteiger partial charge in [-0.3, -0.25) is 4.79 Å². The first-order valence-electron chi connectivity index (χ1n) is 7.85. The molecule has 24 heavy (non-hydrogen) atoms. The van der Waals surface area contributed by atoms with E-state index in [1.165, 1.54) is 17.3 Å². The molecule has 120 valence electrons. The van der Waals surface area contributed by atoms with Crippen LogP contribution in [0.15, 0.2) is 76.6 Å². The zero-order chi connectivity index (χ0) is 16.8. The van der Waals surface area contributed by atoms with Crippen molar-refractivity contribution < 1.29 is 4.79 Å². The van der Waals surface area contributed by atoms with Gasteiger partial charge in [-0.15, -0.1) is 0 Å². The summed E-state index contributed by atoms with van der Waals surface area (Å²) >= 11 is 1.36. The van der Waals surface area contributed by atoms with Crippen LogP contribution in [0.5, 0.6) is 0 Å². The normalized spacial score (nSPS) is 17.8. The molecule has 4 heteroatoms. The zero-order valence-corrected chi connectivity index (χ0v) is 14.2. The van der Waals surface area contributed by atoms with Crippen LogP contribution < -0.4 is 5.32 Å². The first-order valence-corrected chi connectivity index (χ1v) is 8.66. The molecular weight excluding hydrogens is 316 g/mol. The molecule has 0 saturated carbocycles. The minimum absolute atomic E-state index is 0.110. The summed E-state index contributed by atoms with van der Waals surface area (Å²) < 4.78 is 0. The number of amidine groups is 1. The molecule has 0 aliphatic carbocycles. The highest BCUT2D eigenvalue weighted by molar-refractivity contribution is 8.18. The Morgan fingerprint density at radius 3 is 2.54 bits per heavy atom. The van der Waals surface area contributed by atoms with Crippen molar-refractivity contribution in [3.8, 4) is 0 Å². The molecule has 2 aromatic rings. The molecule has 1 N–H and O–H groups in total. The summed E-state index contributed by atoms with van der Waals surface area (Å²) in [5, 5.41) is 3.42. The number of nitrogens with one attached hydrogen (secondary N) is 1. The Labute approximate surface area is 146 Å². The average Bonchev–Trinajstić information content (AvgIpc) is 2.96. The van der Waals surface area contributed by atoms with Crippen molar-refractivity contribution in [2.24, 2.45) is 4.99 Å². The number of benzene rings is 2. The van der Waals surface area contributed by atoms with Crippen LogP contribution in [0.3, 0.4) is 0 Å². The van der Waals surface area contributed by atoms with E-state index in [4.69, 9.17) is 0 Å². The maximum absolute atomic E-state index is 12.0. The van der Waals surface area contributed by atoms with Crippen LogP contribution in [-0.2, 0) is 11.2 Å². The third-order valence-corrected chi connectivity index (χ3v) is 4.49. The lowest BCUT2D eigenvalue weighted by Gasteiger charge is -1.98. The second-order valence-corrected chi connectivity index (χ2v) is 6.32. The molecule has 0 aromatic heterocycles. The third kappa shape index (κ3) is 4.24. The molecule has 0 unspecified atom stereocenters. The van der Waals surface area contributed by atoms with E-state index in [2.05, 4.69) is 29.4 Å². The number of carbonyl (C=O) groups is 1. The molecule has 0 spiro atoms. The molecule has 1 heterocycles. The minimum atomic E-state index is -0.110. The highest BCUT2D eigenvalue weighted by atomic mass is 32.2. The topological polar surface area (TPSA) is 41.5 Å². The molecule has 3 rings (SSSR count). The number of nitrogens with zero attached hydrogens (tertiary/aromatic N) is 1. The zero-order valence-electron chi connectivity index (χ0n) is 13.4. The minimum Gasteiger partial charge on any atom is -0.300 e. The summed E-state index contributed by atoms with van der Waals surface area (Å²) in [5.74, 6) is -0.110. The van der Waals surface area contributed by atoms with Crippen LogP contribution >= 0.6 is 11.8 Å². The number of allylic oxidation sites excluding steroid dienone is 2. The molecule has 1 amide bonds. The summed E-state index contributed by atoms with van der Waals surface area (Å²) in [7, 11) is 0. The van der Waals surface area contributed by atoms with Gasteiger partial charge < -0.3 is 5.32 Å². The monoisotopic (exact) mass is 334 g/mol. The summed E-state index contributed by atoms with van der Waals surface area (Å²) in [6.07, 6.45) is 6.67. The highest BCUT2D eigenvalue weighted by Gasteiger charge is 2.22. The molecule has 0 radical (unpaired) electrons. The molecule has 1 aliphatic heterocycles. The van der Waals surface area contributed by atoms with Gasteiger partial charge in [0.2, 0.25) is 0 Å². The molecule has 2 aromatic carbocycles. The van der Waals surface area contributed by atoms with E-state index < -0.39 is 0 Å². The first kappa shape index (κ1) is 16.3. The van der Waals surface area contributed by atoms with Crippen molar-refractivity contribution in [1.29, 1.82) is 0 Å². The molecule has 1 aliphatic rings. The van der Waals surface area contributed by atoms with E-state index in [-0.39, 0.29) is 5.91 Å². The molecule has 0 bridgehead atoms. The predicted octanol–water partition coefficient (Wildman–Crippen LogP) is 4.70. The van der Waals surface area contributed by atoms with E-state index in [0.29, 0.717) is 10.1 Å². The van der Waals surface area contributed by atoms with Crippen LogP contribution in [0, 0.1) is 0 Å². The van der Waals surface area contributed by atoms with Gasteiger partial charge in [-0.2, -0.15) is 0 Å². The average molecular weight is 334 g/mol. The number of hydrogen-bond acceptors (Lipinski definition) is 3. The number of aryl methyl sites for hydroxylation is 1. The Kier molecular flexibility index (Phi) is 5.29. The molecule has 0 atom stereocenters. The Morgan fingerprint density at radius 1 is 1.08 bits per heavy atom. The molecule has 3 nitrogen and oxygen atoms in total. The summed E-state index contributed by atoms with van der Waals surface area (Å²) in [6, 6.07) is 18.0. The largest absolute Gasteiger partial charge is 0.300 e. The maximum atomic E-state index is 12.0. The summed E-state index contributed by atoms with van der Waals surface area (Å²) in [6.45, 7) is 2.12. The second-order valence-electron chi connectivity index (χ2n) is 5.29. The first-order chi connectivity index (χ1) is 11.7. The van der Waals surface area contributed by atoms with Gasteiger partial charge in [0.15, 0.2) is 5.17 Å². The molecule has 1 saturated heterocycles. The lowest BCUT2D eigenvalue weighted by atomic mass is 10.2. The van der Waals surface area contributed by atoms with Crippen LogP contribution in [0.25, 0.3) is 6.08 Å². The molecular formula is C20H18N2OS. The highest BCUT2D eigenvalue weighted by Crippen LogP contribution is 2.26. The van der Waals surface area contributed by atoms with Crippen molar-refractivity contribution in [3.63, 3.8) is 0 Å². The number of hydrogen-bond donors (Lipinski definition) is 1. The van der Waals surface area contributed by atoms with Crippen LogP contribution in [0.2, 0.25) is 0 Å². The van der Waals surface area contributed by atoms with E-state index in [1.807, 2.05) is 60.7 Å². The van der Waals surface area contributed by atoms with Gasteiger partial charge in [-0.05, 0) is 47.5 Å². The van der Waals surface area contributed by atoms with Gasteiger partial charge in [0.05, 0.1) is 10.6 Å². The van der Waals surface area contributed by atoms with Crippen molar-refractivity contribution in [2.45, 2.75) is 13.3 Å².